The molecule has 1 fully saturated rings. The number of carbonyl (C=O) groups excluding carboxylic acids is 1. The van der Waals surface area contributed by atoms with Crippen molar-refractivity contribution in [3.63, 3.8) is 0 Å². The number of furan rings is 1. The second-order valence-electron chi connectivity index (χ2n) is 4.42. The quantitative estimate of drug-likeness (QED) is 0.765. The molecule has 0 aromatic carbocycles. The Balaban J connectivity index is 1.94. The third kappa shape index (κ3) is 3.20. The summed E-state index contributed by atoms with van der Waals surface area (Å²) in [5.41, 5.74) is 1.11. The first-order valence-electron chi connectivity index (χ1n) is 5.83. The van der Waals surface area contributed by atoms with E-state index in [1.807, 2.05) is 6.92 Å². The van der Waals surface area contributed by atoms with Gasteiger partial charge in [0, 0.05) is 6.08 Å². The molecule has 0 radical (unpaired) electrons. The summed E-state index contributed by atoms with van der Waals surface area (Å²) in [7, 11) is 0. The number of hydrogen-bond acceptors (Lipinski definition) is 3. The summed E-state index contributed by atoms with van der Waals surface area (Å²) >= 11 is 0. The molecule has 1 amide bonds. The standard InChI is InChI=1S/C13H17NO3/c1-9(10-4-5-10)7-13(16)14-11(8-15)12-3-2-6-17-12/h2-3,6-7,10-11,15H,4-5,8H2,1H3,(H,14,16)/b9-7-. The fraction of sp³-hybridized carbons (Fsp3) is 0.462. The Morgan fingerprint density at radius 2 is 2.47 bits per heavy atom. The van der Waals surface area contributed by atoms with Gasteiger partial charge in [0.25, 0.3) is 0 Å². The van der Waals surface area contributed by atoms with E-state index in [0.29, 0.717) is 11.7 Å². The van der Waals surface area contributed by atoms with Crippen molar-refractivity contribution in [2.75, 3.05) is 6.61 Å². The molecule has 0 aliphatic heterocycles. The van der Waals surface area contributed by atoms with E-state index in [1.165, 1.54) is 19.1 Å². The number of allylic oxidation sites excluding steroid dienone is 1. The lowest BCUT2D eigenvalue weighted by atomic mass is 10.1. The van der Waals surface area contributed by atoms with Gasteiger partial charge in [-0.15, -0.1) is 0 Å². The Morgan fingerprint density at radius 3 is 3.00 bits per heavy atom. The van der Waals surface area contributed by atoms with Crippen LogP contribution in [-0.4, -0.2) is 17.6 Å². The third-order valence-corrected chi connectivity index (χ3v) is 2.97. The molecule has 1 aliphatic carbocycles. The molecule has 0 saturated heterocycles. The zero-order valence-corrected chi connectivity index (χ0v) is 9.85. The SMILES string of the molecule is C/C(=C/C(=O)NC(CO)c1ccco1)C1CC1. The highest BCUT2D eigenvalue weighted by atomic mass is 16.3. The van der Waals surface area contributed by atoms with Crippen LogP contribution in [0.5, 0.6) is 0 Å². The van der Waals surface area contributed by atoms with Crippen molar-refractivity contribution < 1.29 is 14.3 Å². The number of amides is 1. The molecule has 0 spiro atoms. The largest absolute Gasteiger partial charge is 0.467 e. The minimum absolute atomic E-state index is 0.171. The van der Waals surface area contributed by atoms with Crippen LogP contribution in [0, 0.1) is 5.92 Å². The van der Waals surface area contributed by atoms with Crippen LogP contribution in [0.15, 0.2) is 34.5 Å². The first kappa shape index (κ1) is 11.9. The monoisotopic (exact) mass is 235 g/mol. The Bertz CT molecular complexity index is 404. The van der Waals surface area contributed by atoms with E-state index in [2.05, 4.69) is 5.32 Å². The lowest BCUT2D eigenvalue weighted by Crippen LogP contribution is -2.29. The van der Waals surface area contributed by atoms with Crippen molar-refractivity contribution in [1.29, 1.82) is 0 Å². The van der Waals surface area contributed by atoms with Gasteiger partial charge in [0.2, 0.25) is 5.91 Å². The third-order valence-electron chi connectivity index (χ3n) is 2.97. The molecule has 4 nitrogen and oxygen atoms in total. The summed E-state index contributed by atoms with van der Waals surface area (Å²) in [6, 6.07) is 2.99. The van der Waals surface area contributed by atoms with Gasteiger partial charge in [0.05, 0.1) is 12.9 Å². The molecule has 1 aromatic rings. The predicted molar refractivity (Wildman–Crippen MR) is 63.2 cm³/mol. The van der Waals surface area contributed by atoms with E-state index in [9.17, 15) is 9.90 Å². The van der Waals surface area contributed by atoms with Crippen LogP contribution < -0.4 is 5.32 Å². The molecule has 4 heteroatoms. The Morgan fingerprint density at radius 1 is 1.71 bits per heavy atom. The number of rotatable bonds is 5. The van der Waals surface area contributed by atoms with Gasteiger partial charge in [0.15, 0.2) is 0 Å². The summed E-state index contributed by atoms with van der Waals surface area (Å²) in [4.78, 5) is 11.7. The van der Waals surface area contributed by atoms with Gasteiger partial charge in [-0.3, -0.25) is 4.79 Å². The van der Waals surface area contributed by atoms with Crippen LogP contribution in [0.2, 0.25) is 0 Å². The Kier molecular flexibility index (Phi) is 3.64. The summed E-state index contributed by atoms with van der Waals surface area (Å²) in [6.45, 7) is 1.80. The van der Waals surface area contributed by atoms with Gasteiger partial charge >= 0.3 is 0 Å². The number of aliphatic hydroxyl groups excluding tert-OH is 1. The zero-order chi connectivity index (χ0) is 12.3. The van der Waals surface area contributed by atoms with Crippen LogP contribution >= 0.6 is 0 Å². The zero-order valence-electron chi connectivity index (χ0n) is 9.85. The maximum Gasteiger partial charge on any atom is 0.244 e. The molecule has 1 aromatic heterocycles. The Labute approximate surface area is 100 Å². The topological polar surface area (TPSA) is 62.5 Å². The van der Waals surface area contributed by atoms with Crippen LogP contribution in [0.3, 0.4) is 0 Å². The molecule has 1 saturated carbocycles. The molecule has 1 unspecified atom stereocenters. The second-order valence-corrected chi connectivity index (χ2v) is 4.42. The smallest absolute Gasteiger partial charge is 0.244 e. The lowest BCUT2D eigenvalue weighted by molar-refractivity contribution is -0.117. The predicted octanol–water partition coefficient (Wildman–Crippen LogP) is 1.79. The molecule has 1 aliphatic rings. The average Bonchev–Trinajstić information content (AvgIpc) is 3.03. The van der Waals surface area contributed by atoms with Crippen molar-refractivity contribution in [2.45, 2.75) is 25.8 Å². The van der Waals surface area contributed by atoms with E-state index in [0.717, 1.165) is 5.57 Å². The molecule has 2 N–H and O–H groups in total. The molecular formula is C13H17NO3. The van der Waals surface area contributed by atoms with Crippen LogP contribution in [-0.2, 0) is 4.79 Å². The summed E-state index contributed by atoms with van der Waals surface area (Å²) < 4.78 is 5.16. The highest BCUT2D eigenvalue weighted by Crippen LogP contribution is 2.35. The van der Waals surface area contributed by atoms with Gasteiger partial charge < -0.3 is 14.8 Å². The van der Waals surface area contributed by atoms with Crippen molar-refractivity contribution in [1.82, 2.24) is 5.32 Å². The molecule has 92 valence electrons. The van der Waals surface area contributed by atoms with Gasteiger partial charge in [-0.25, -0.2) is 0 Å². The van der Waals surface area contributed by atoms with Gasteiger partial charge in [-0.05, 0) is 37.8 Å². The molecule has 1 heterocycles. The van der Waals surface area contributed by atoms with Crippen LogP contribution in [0.25, 0.3) is 0 Å². The molecule has 2 rings (SSSR count). The molecular weight excluding hydrogens is 218 g/mol. The maximum atomic E-state index is 11.7. The fourth-order valence-corrected chi connectivity index (χ4v) is 1.77. The van der Waals surface area contributed by atoms with E-state index in [-0.39, 0.29) is 12.5 Å². The van der Waals surface area contributed by atoms with E-state index in [4.69, 9.17) is 4.42 Å². The van der Waals surface area contributed by atoms with Crippen molar-refractivity contribution in [3.8, 4) is 0 Å². The molecule has 17 heavy (non-hydrogen) atoms. The average molecular weight is 235 g/mol. The highest BCUT2D eigenvalue weighted by Gasteiger charge is 2.24. The summed E-state index contributed by atoms with van der Waals surface area (Å²) in [5.74, 6) is 0.972. The number of nitrogens with one attached hydrogen (secondary N) is 1. The second kappa shape index (κ2) is 5.19. The lowest BCUT2D eigenvalue weighted by Gasteiger charge is -2.12. The van der Waals surface area contributed by atoms with E-state index in [1.54, 1.807) is 18.2 Å². The first-order valence-corrected chi connectivity index (χ1v) is 5.83. The number of hydrogen-bond donors (Lipinski definition) is 2. The van der Waals surface area contributed by atoms with Gasteiger partial charge in [-0.2, -0.15) is 0 Å². The number of carbonyl (C=O) groups is 1. The minimum atomic E-state index is -0.472. The van der Waals surface area contributed by atoms with Crippen LogP contribution in [0.4, 0.5) is 0 Å². The van der Waals surface area contributed by atoms with Gasteiger partial charge in [0.1, 0.15) is 11.8 Å². The molecule has 1 atom stereocenters. The fourth-order valence-electron chi connectivity index (χ4n) is 1.77. The number of aliphatic hydroxyl groups is 1. The summed E-state index contributed by atoms with van der Waals surface area (Å²) in [6.07, 6.45) is 5.49. The van der Waals surface area contributed by atoms with Crippen molar-refractivity contribution in [2.24, 2.45) is 5.92 Å². The van der Waals surface area contributed by atoms with E-state index >= 15 is 0 Å². The molecule has 0 bridgehead atoms. The van der Waals surface area contributed by atoms with E-state index < -0.39 is 6.04 Å². The highest BCUT2D eigenvalue weighted by molar-refractivity contribution is 5.88. The van der Waals surface area contributed by atoms with Crippen LogP contribution in [0.1, 0.15) is 31.6 Å². The summed E-state index contributed by atoms with van der Waals surface area (Å²) in [5, 5.41) is 11.9. The minimum Gasteiger partial charge on any atom is -0.467 e. The normalized spacial score (nSPS) is 17.9. The Hall–Kier alpha value is -1.55. The van der Waals surface area contributed by atoms with Gasteiger partial charge in [-0.1, -0.05) is 5.57 Å². The first-order chi connectivity index (χ1) is 8.20. The van der Waals surface area contributed by atoms with Crippen molar-refractivity contribution in [3.05, 3.63) is 35.8 Å². The maximum absolute atomic E-state index is 11.7. The van der Waals surface area contributed by atoms with Crippen molar-refractivity contribution >= 4 is 5.91 Å².